The lowest BCUT2D eigenvalue weighted by Gasteiger charge is -2.69. The fraction of sp³-hybridized carbons (Fsp3) is 1.00. The highest BCUT2D eigenvalue weighted by Crippen LogP contribution is 2.64. The van der Waals surface area contributed by atoms with Gasteiger partial charge in [-0.2, -0.15) is 0 Å². The van der Waals surface area contributed by atoms with Crippen LogP contribution >= 0.6 is 0 Å². The van der Waals surface area contributed by atoms with Crippen LogP contribution in [0.2, 0.25) is 0 Å². The molecule has 1 fully saturated rings. The number of rotatable bonds is 3. The molecule has 1 aliphatic rings. The van der Waals surface area contributed by atoms with E-state index in [0.29, 0.717) is 12.1 Å². The Hall–Kier alpha value is -0.0800. The van der Waals surface area contributed by atoms with Gasteiger partial charge in [0.15, 0.2) is 0 Å². The van der Waals surface area contributed by atoms with E-state index in [-0.39, 0.29) is 33.4 Å². The molecule has 0 aromatic rings. The van der Waals surface area contributed by atoms with E-state index in [2.05, 4.69) is 95.3 Å². The van der Waals surface area contributed by atoms with Gasteiger partial charge in [-0.1, -0.05) is 69.2 Å². The Labute approximate surface area is 146 Å². The van der Waals surface area contributed by atoms with Crippen molar-refractivity contribution in [2.24, 2.45) is 21.7 Å². The van der Waals surface area contributed by atoms with Gasteiger partial charge in [0.1, 0.15) is 0 Å². The van der Waals surface area contributed by atoms with Crippen molar-refractivity contribution < 1.29 is 4.74 Å². The number of nitrogens with one attached hydrogen (secondary N) is 1. The number of hydrogen-bond donors (Lipinski definition) is 1. The van der Waals surface area contributed by atoms with Gasteiger partial charge in [-0.05, 0) is 42.4 Å². The van der Waals surface area contributed by atoms with E-state index in [1.54, 1.807) is 0 Å². The molecule has 0 bridgehead atoms. The molecule has 0 atom stereocenters. The van der Waals surface area contributed by atoms with Crippen LogP contribution in [0, 0.1) is 21.7 Å². The molecule has 0 aliphatic heterocycles. The molecule has 138 valence electrons. The molecule has 0 aromatic carbocycles. The van der Waals surface area contributed by atoms with Crippen LogP contribution < -0.4 is 5.32 Å². The summed E-state index contributed by atoms with van der Waals surface area (Å²) >= 11 is 0. The zero-order valence-electron chi connectivity index (χ0n) is 18.1. The smallest absolute Gasteiger partial charge is 0.0695 e. The summed E-state index contributed by atoms with van der Waals surface area (Å²) in [4.78, 5) is 0. The topological polar surface area (TPSA) is 21.3 Å². The van der Waals surface area contributed by atoms with Gasteiger partial charge in [-0.3, -0.25) is 0 Å². The maximum atomic E-state index is 6.71. The maximum Gasteiger partial charge on any atom is 0.0695 e. The van der Waals surface area contributed by atoms with Crippen molar-refractivity contribution in [1.82, 2.24) is 5.32 Å². The van der Waals surface area contributed by atoms with Crippen molar-refractivity contribution in [3.8, 4) is 0 Å². The highest BCUT2D eigenvalue weighted by molar-refractivity contribution is 5.17. The molecule has 0 aromatic heterocycles. The molecule has 1 N–H and O–H groups in total. The first-order valence-corrected chi connectivity index (χ1v) is 9.33. The fourth-order valence-electron chi connectivity index (χ4n) is 4.62. The van der Waals surface area contributed by atoms with Crippen molar-refractivity contribution in [1.29, 1.82) is 0 Å². The van der Waals surface area contributed by atoms with Crippen LogP contribution in [0.3, 0.4) is 0 Å². The van der Waals surface area contributed by atoms with Crippen LogP contribution in [0.15, 0.2) is 0 Å². The van der Waals surface area contributed by atoms with E-state index in [0.717, 1.165) is 0 Å². The summed E-state index contributed by atoms with van der Waals surface area (Å²) in [6, 6.07) is 0.907. The molecular formula is C21H43NO. The molecule has 0 heterocycles. The molecule has 2 nitrogen and oxygen atoms in total. The van der Waals surface area contributed by atoms with E-state index in [1.807, 2.05) is 0 Å². The molecule has 0 spiro atoms. The summed E-state index contributed by atoms with van der Waals surface area (Å²) in [6.07, 6.45) is 0.199. The molecule has 0 amide bonds. The Kier molecular flexibility index (Phi) is 5.22. The van der Waals surface area contributed by atoms with E-state index >= 15 is 0 Å². The van der Waals surface area contributed by atoms with Crippen molar-refractivity contribution in [2.45, 2.75) is 114 Å². The lowest BCUT2D eigenvalue weighted by Crippen LogP contribution is -2.73. The average molecular weight is 326 g/mol. The molecule has 0 unspecified atom stereocenters. The highest BCUT2D eigenvalue weighted by Gasteiger charge is 2.66. The first-order chi connectivity index (χ1) is 9.89. The van der Waals surface area contributed by atoms with Crippen molar-refractivity contribution >= 4 is 0 Å². The predicted octanol–water partition coefficient (Wildman–Crippen LogP) is 5.66. The minimum absolute atomic E-state index is 0.0614. The van der Waals surface area contributed by atoms with Gasteiger partial charge in [0, 0.05) is 12.1 Å². The number of ether oxygens (including phenoxy) is 1. The molecular weight excluding hydrogens is 282 g/mol. The SMILES string of the molecule is CC(C)N[C@H]1C(C)(C)C(C)(C)[C@@H](OC(C)(C)C)C(C)(C)C1(C)C. The Morgan fingerprint density at radius 3 is 1.35 bits per heavy atom. The second-order valence-electron chi connectivity index (χ2n) is 11.3. The molecule has 2 heteroatoms. The second kappa shape index (κ2) is 5.73. The van der Waals surface area contributed by atoms with E-state index in [9.17, 15) is 0 Å². The standard InChI is InChI=1S/C21H43NO/c1-14(2)22-15-18(6,7)20(10,11)16(23-17(3,4)5)21(12,13)19(15,8)9/h14-16,22H,1-13H3/t15-,16+. The minimum Gasteiger partial charge on any atom is -0.371 e. The Morgan fingerprint density at radius 1 is 0.739 bits per heavy atom. The Bertz CT molecular complexity index is 396. The van der Waals surface area contributed by atoms with E-state index in [4.69, 9.17) is 4.74 Å². The molecule has 1 aliphatic carbocycles. The third-order valence-electron chi connectivity index (χ3n) is 7.05. The van der Waals surface area contributed by atoms with Crippen LogP contribution in [0.25, 0.3) is 0 Å². The molecule has 1 saturated carbocycles. The van der Waals surface area contributed by atoms with Gasteiger partial charge in [0.05, 0.1) is 11.7 Å². The van der Waals surface area contributed by atoms with Crippen LogP contribution in [0.4, 0.5) is 0 Å². The highest BCUT2D eigenvalue weighted by atomic mass is 16.5. The fourth-order valence-corrected chi connectivity index (χ4v) is 4.62. The quantitative estimate of drug-likeness (QED) is 0.723. The third-order valence-corrected chi connectivity index (χ3v) is 7.05. The van der Waals surface area contributed by atoms with Crippen LogP contribution in [0.5, 0.6) is 0 Å². The minimum atomic E-state index is -0.135. The summed E-state index contributed by atoms with van der Waals surface area (Å²) in [6.45, 7) is 30.3. The first kappa shape index (κ1) is 21.0. The van der Waals surface area contributed by atoms with Gasteiger partial charge >= 0.3 is 0 Å². The lowest BCUT2D eigenvalue weighted by atomic mass is 9.41. The van der Waals surface area contributed by atoms with Gasteiger partial charge in [0.25, 0.3) is 0 Å². The van der Waals surface area contributed by atoms with Crippen molar-refractivity contribution in [3.63, 3.8) is 0 Å². The largest absolute Gasteiger partial charge is 0.371 e. The van der Waals surface area contributed by atoms with Crippen LogP contribution in [0.1, 0.15) is 90.0 Å². The second-order valence-corrected chi connectivity index (χ2v) is 11.3. The van der Waals surface area contributed by atoms with Gasteiger partial charge in [0.2, 0.25) is 0 Å². The predicted molar refractivity (Wildman–Crippen MR) is 102 cm³/mol. The lowest BCUT2D eigenvalue weighted by molar-refractivity contribution is -0.262. The zero-order chi connectivity index (χ0) is 18.6. The van der Waals surface area contributed by atoms with E-state index in [1.165, 1.54) is 0 Å². The van der Waals surface area contributed by atoms with Crippen molar-refractivity contribution in [3.05, 3.63) is 0 Å². The zero-order valence-corrected chi connectivity index (χ0v) is 18.1. The monoisotopic (exact) mass is 325 g/mol. The van der Waals surface area contributed by atoms with Gasteiger partial charge < -0.3 is 10.1 Å². The Morgan fingerprint density at radius 2 is 1.09 bits per heavy atom. The summed E-state index contributed by atoms with van der Waals surface area (Å²) in [5, 5.41) is 3.90. The Balaban J connectivity index is 3.50. The van der Waals surface area contributed by atoms with Gasteiger partial charge in [-0.25, -0.2) is 0 Å². The third kappa shape index (κ3) is 3.35. The summed E-state index contributed by atoms with van der Waals surface area (Å²) in [5.41, 5.74) is 0.222. The average Bonchev–Trinajstić information content (AvgIpc) is 2.29. The summed E-state index contributed by atoms with van der Waals surface area (Å²) in [7, 11) is 0. The summed E-state index contributed by atoms with van der Waals surface area (Å²) in [5.74, 6) is 0. The number of hydrogen-bond acceptors (Lipinski definition) is 2. The van der Waals surface area contributed by atoms with Crippen LogP contribution in [-0.2, 0) is 4.74 Å². The normalized spacial score (nSPS) is 32.1. The molecule has 1 rings (SSSR count). The van der Waals surface area contributed by atoms with Gasteiger partial charge in [-0.15, -0.1) is 0 Å². The van der Waals surface area contributed by atoms with E-state index < -0.39 is 0 Å². The van der Waals surface area contributed by atoms with Crippen LogP contribution in [-0.4, -0.2) is 23.8 Å². The molecule has 23 heavy (non-hydrogen) atoms. The maximum absolute atomic E-state index is 6.71. The molecule has 0 saturated heterocycles. The summed E-state index contributed by atoms with van der Waals surface area (Å²) < 4.78 is 6.71. The van der Waals surface area contributed by atoms with Crippen molar-refractivity contribution in [2.75, 3.05) is 0 Å². The molecule has 0 radical (unpaired) electrons. The first-order valence-electron chi connectivity index (χ1n) is 9.33.